The lowest BCUT2D eigenvalue weighted by atomic mass is 10.1. The van der Waals surface area contributed by atoms with E-state index in [2.05, 4.69) is 47.9 Å². The number of nitrogens with zero attached hydrogens (tertiary/aromatic N) is 3. The highest BCUT2D eigenvalue weighted by atomic mass is 16.5. The van der Waals surface area contributed by atoms with Gasteiger partial charge in [0.2, 0.25) is 0 Å². The molecule has 0 amide bonds. The Bertz CT molecular complexity index is 397. The summed E-state index contributed by atoms with van der Waals surface area (Å²) in [4.78, 5) is 11.2. The summed E-state index contributed by atoms with van der Waals surface area (Å²) in [5.41, 5.74) is 1.19. The molecule has 0 fully saturated rings. The van der Waals surface area contributed by atoms with Crippen LogP contribution in [0.25, 0.3) is 0 Å². The first-order chi connectivity index (χ1) is 9.69. The molecule has 1 unspecified atom stereocenters. The Balaban J connectivity index is 3.07. The minimum absolute atomic E-state index is 0.296. The van der Waals surface area contributed by atoms with E-state index in [1.807, 2.05) is 0 Å². The third kappa shape index (κ3) is 4.07. The van der Waals surface area contributed by atoms with Crippen molar-refractivity contribution >= 4 is 11.6 Å². The second-order valence-corrected chi connectivity index (χ2v) is 4.90. The number of hydrogen-bond donors (Lipinski definition) is 1. The van der Waals surface area contributed by atoms with E-state index in [4.69, 9.17) is 4.74 Å². The maximum absolute atomic E-state index is 5.28. The Labute approximate surface area is 122 Å². The van der Waals surface area contributed by atoms with E-state index in [1.54, 1.807) is 13.4 Å². The Kier molecular flexibility index (Phi) is 7.30. The monoisotopic (exact) mass is 280 g/mol. The molecule has 0 radical (unpaired) electrons. The number of nitrogens with one attached hydrogen (secondary N) is 1. The zero-order valence-corrected chi connectivity index (χ0v) is 13.4. The van der Waals surface area contributed by atoms with Crippen molar-refractivity contribution in [2.45, 2.75) is 46.6 Å². The van der Waals surface area contributed by atoms with Crippen LogP contribution in [-0.2, 0) is 11.2 Å². The van der Waals surface area contributed by atoms with Gasteiger partial charge in [-0.3, -0.25) is 0 Å². The van der Waals surface area contributed by atoms with E-state index < -0.39 is 0 Å². The molecule has 0 aromatic carbocycles. The summed E-state index contributed by atoms with van der Waals surface area (Å²) >= 11 is 0. The molecular formula is C15H28N4O. The maximum atomic E-state index is 5.28. The van der Waals surface area contributed by atoms with E-state index >= 15 is 0 Å². The molecule has 1 heterocycles. The summed E-state index contributed by atoms with van der Waals surface area (Å²) in [6.07, 6.45) is 3.65. The van der Waals surface area contributed by atoms with Crippen LogP contribution in [0, 0.1) is 0 Å². The number of ether oxygens (including phenoxy) is 1. The smallest absolute Gasteiger partial charge is 0.137 e. The summed E-state index contributed by atoms with van der Waals surface area (Å²) < 4.78 is 5.28. The van der Waals surface area contributed by atoms with Gasteiger partial charge in [0.25, 0.3) is 0 Å². The number of rotatable bonds is 9. The summed E-state index contributed by atoms with van der Waals surface area (Å²) in [7, 11) is 1.74. The van der Waals surface area contributed by atoms with Gasteiger partial charge in [-0.1, -0.05) is 13.8 Å². The third-order valence-electron chi connectivity index (χ3n) is 3.37. The minimum atomic E-state index is 0.296. The molecule has 1 N–H and O–H groups in total. The molecule has 114 valence electrons. The van der Waals surface area contributed by atoms with Gasteiger partial charge < -0.3 is 15.0 Å². The van der Waals surface area contributed by atoms with Gasteiger partial charge in [0, 0.05) is 25.8 Å². The van der Waals surface area contributed by atoms with Gasteiger partial charge in [0.05, 0.1) is 12.6 Å². The van der Waals surface area contributed by atoms with Crippen LogP contribution in [0.1, 0.15) is 39.7 Å². The van der Waals surface area contributed by atoms with Crippen molar-refractivity contribution < 1.29 is 4.74 Å². The zero-order chi connectivity index (χ0) is 15.0. The number of anilines is 2. The zero-order valence-electron chi connectivity index (χ0n) is 13.4. The quantitative estimate of drug-likeness (QED) is 0.753. The average Bonchev–Trinajstić information content (AvgIpc) is 2.46. The Morgan fingerprint density at radius 1 is 1.30 bits per heavy atom. The van der Waals surface area contributed by atoms with Crippen LogP contribution in [0.4, 0.5) is 11.6 Å². The lowest BCUT2D eigenvalue weighted by molar-refractivity contribution is 0.181. The summed E-state index contributed by atoms with van der Waals surface area (Å²) in [5, 5.41) is 3.40. The standard InChI is InChI=1S/C15H28N4O/c1-6-9-16-14-13(7-2)15(18-11-17-14)19(8-3)12(4)10-20-5/h11-12H,6-10H2,1-5H3,(H,16,17,18). The number of likely N-dealkylation sites (N-methyl/N-ethyl adjacent to an activating group) is 1. The van der Waals surface area contributed by atoms with Crippen molar-refractivity contribution in [3.05, 3.63) is 11.9 Å². The fourth-order valence-electron chi connectivity index (χ4n) is 2.37. The molecule has 5 nitrogen and oxygen atoms in total. The normalized spacial score (nSPS) is 12.2. The van der Waals surface area contributed by atoms with Crippen LogP contribution >= 0.6 is 0 Å². The van der Waals surface area contributed by atoms with Crippen molar-refractivity contribution in [2.75, 3.05) is 37.0 Å². The summed E-state index contributed by atoms with van der Waals surface area (Å²) in [6, 6.07) is 0.296. The molecule has 1 aromatic rings. The summed E-state index contributed by atoms with van der Waals surface area (Å²) in [5.74, 6) is 1.98. The van der Waals surface area contributed by atoms with Crippen LogP contribution in [0.2, 0.25) is 0 Å². The van der Waals surface area contributed by atoms with E-state index in [0.29, 0.717) is 12.6 Å². The van der Waals surface area contributed by atoms with Crippen molar-refractivity contribution in [2.24, 2.45) is 0 Å². The highest BCUT2D eigenvalue weighted by Gasteiger charge is 2.19. The second-order valence-electron chi connectivity index (χ2n) is 4.90. The number of hydrogen-bond acceptors (Lipinski definition) is 5. The molecule has 20 heavy (non-hydrogen) atoms. The molecule has 0 aliphatic rings. The largest absolute Gasteiger partial charge is 0.383 e. The fraction of sp³-hybridized carbons (Fsp3) is 0.733. The average molecular weight is 280 g/mol. The molecule has 0 saturated heterocycles. The first-order valence-corrected chi connectivity index (χ1v) is 7.52. The van der Waals surface area contributed by atoms with Crippen molar-refractivity contribution in [3.8, 4) is 0 Å². The van der Waals surface area contributed by atoms with Crippen LogP contribution < -0.4 is 10.2 Å². The van der Waals surface area contributed by atoms with Crippen molar-refractivity contribution in [1.82, 2.24) is 9.97 Å². The Hall–Kier alpha value is -1.36. The molecule has 5 heteroatoms. The lowest BCUT2D eigenvalue weighted by Crippen LogP contribution is -2.37. The van der Waals surface area contributed by atoms with E-state index in [0.717, 1.165) is 37.6 Å². The first-order valence-electron chi connectivity index (χ1n) is 7.52. The van der Waals surface area contributed by atoms with Gasteiger partial charge in [0.15, 0.2) is 0 Å². The van der Waals surface area contributed by atoms with Crippen molar-refractivity contribution in [1.29, 1.82) is 0 Å². The third-order valence-corrected chi connectivity index (χ3v) is 3.37. The maximum Gasteiger partial charge on any atom is 0.137 e. The van der Waals surface area contributed by atoms with Gasteiger partial charge >= 0.3 is 0 Å². The van der Waals surface area contributed by atoms with E-state index in [1.165, 1.54) is 5.56 Å². The van der Waals surface area contributed by atoms with Gasteiger partial charge in [0.1, 0.15) is 18.0 Å². The predicted octanol–water partition coefficient (Wildman–Crippen LogP) is 2.72. The SMILES string of the molecule is CCCNc1ncnc(N(CC)C(C)COC)c1CC. The first kappa shape index (κ1) is 16.7. The highest BCUT2D eigenvalue weighted by molar-refractivity contribution is 5.59. The van der Waals surface area contributed by atoms with Crippen LogP contribution in [0.3, 0.4) is 0 Å². The predicted molar refractivity (Wildman–Crippen MR) is 84.5 cm³/mol. The molecule has 0 aliphatic carbocycles. The molecule has 0 saturated carbocycles. The van der Waals surface area contributed by atoms with Crippen LogP contribution in [0.15, 0.2) is 6.33 Å². The topological polar surface area (TPSA) is 50.3 Å². The lowest BCUT2D eigenvalue weighted by Gasteiger charge is -2.30. The van der Waals surface area contributed by atoms with E-state index in [9.17, 15) is 0 Å². The molecule has 1 aromatic heterocycles. The molecule has 1 rings (SSSR count). The Morgan fingerprint density at radius 2 is 2.05 bits per heavy atom. The van der Waals surface area contributed by atoms with E-state index in [-0.39, 0.29) is 0 Å². The summed E-state index contributed by atoms with van der Waals surface area (Å²) in [6.45, 7) is 11.1. The molecule has 0 aliphatic heterocycles. The molecule has 0 spiro atoms. The molecule has 0 bridgehead atoms. The second kappa shape index (κ2) is 8.74. The molecular weight excluding hydrogens is 252 g/mol. The van der Waals surface area contributed by atoms with Gasteiger partial charge in [-0.2, -0.15) is 0 Å². The van der Waals surface area contributed by atoms with Crippen LogP contribution in [0.5, 0.6) is 0 Å². The fourth-order valence-corrected chi connectivity index (χ4v) is 2.37. The van der Waals surface area contributed by atoms with Gasteiger partial charge in [-0.15, -0.1) is 0 Å². The minimum Gasteiger partial charge on any atom is -0.383 e. The Morgan fingerprint density at radius 3 is 2.60 bits per heavy atom. The number of methoxy groups -OCH3 is 1. The van der Waals surface area contributed by atoms with Gasteiger partial charge in [-0.25, -0.2) is 9.97 Å². The van der Waals surface area contributed by atoms with Gasteiger partial charge in [-0.05, 0) is 26.7 Å². The van der Waals surface area contributed by atoms with Crippen molar-refractivity contribution in [3.63, 3.8) is 0 Å². The van der Waals surface area contributed by atoms with Crippen LogP contribution in [-0.4, -0.2) is 42.8 Å². The number of aromatic nitrogens is 2. The highest BCUT2D eigenvalue weighted by Crippen LogP contribution is 2.25. The molecule has 1 atom stereocenters.